The van der Waals surface area contributed by atoms with Crippen molar-refractivity contribution in [1.82, 2.24) is 5.32 Å². The maximum Gasteiger partial charge on any atom is 0.289 e. The van der Waals surface area contributed by atoms with E-state index < -0.39 is 0 Å². The Morgan fingerprint density at radius 2 is 2.08 bits per heavy atom. The topological polar surface area (TPSA) is 117 Å². The summed E-state index contributed by atoms with van der Waals surface area (Å²) >= 11 is 7.10. The molecule has 25 heavy (non-hydrogen) atoms. The van der Waals surface area contributed by atoms with Crippen LogP contribution in [0, 0.1) is 22.7 Å². The Bertz CT molecular complexity index is 888. The van der Waals surface area contributed by atoms with Gasteiger partial charge in [-0.15, -0.1) is 0 Å². The van der Waals surface area contributed by atoms with Crippen LogP contribution in [-0.2, 0) is 4.79 Å². The van der Waals surface area contributed by atoms with Crippen LogP contribution < -0.4 is 16.0 Å². The molecular formula is C17H15ClN5OS+. The maximum absolute atomic E-state index is 12.1. The number of carbonyl (C=O) groups excluding carboxylic acids is 1. The van der Waals surface area contributed by atoms with Crippen molar-refractivity contribution in [3.8, 4) is 12.1 Å². The highest BCUT2D eigenvalue weighted by molar-refractivity contribution is 7.99. The maximum atomic E-state index is 12.1. The summed E-state index contributed by atoms with van der Waals surface area (Å²) in [5.41, 5.74) is 7.08. The summed E-state index contributed by atoms with van der Waals surface area (Å²) < 4.78 is 0. The highest BCUT2D eigenvalue weighted by Crippen LogP contribution is 2.21. The largest absolute Gasteiger partial charge is 0.349 e. The van der Waals surface area contributed by atoms with Crippen LogP contribution in [0.5, 0.6) is 0 Å². The van der Waals surface area contributed by atoms with Gasteiger partial charge in [-0.05, 0) is 30.7 Å². The van der Waals surface area contributed by atoms with E-state index in [0.717, 1.165) is 17.3 Å². The Kier molecular flexibility index (Phi) is 6.24. The number of hydrogen-bond donors (Lipinski definition) is 2. The number of hydrogen-bond acceptors (Lipinski definition) is 5. The van der Waals surface area contributed by atoms with Gasteiger partial charge in [0.05, 0.1) is 11.8 Å². The average Bonchev–Trinajstić information content (AvgIpc) is 2.60. The predicted octanol–water partition coefficient (Wildman–Crippen LogP) is 2.45. The average molecular weight is 373 g/mol. The lowest BCUT2D eigenvalue weighted by Gasteiger charge is -2.14. The highest BCUT2D eigenvalue weighted by atomic mass is 35.5. The molecule has 0 aliphatic carbocycles. The summed E-state index contributed by atoms with van der Waals surface area (Å²) in [5.74, 6) is 0.0657. The van der Waals surface area contributed by atoms with E-state index in [1.165, 1.54) is 6.07 Å². The summed E-state index contributed by atoms with van der Waals surface area (Å²) in [4.78, 5) is 14.9. The minimum Gasteiger partial charge on any atom is -0.349 e. The normalized spacial score (nSPS) is 11.2. The van der Waals surface area contributed by atoms with Gasteiger partial charge in [-0.2, -0.15) is 10.5 Å². The fourth-order valence-corrected chi connectivity index (χ4v) is 3.11. The molecule has 126 valence electrons. The zero-order valence-electron chi connectivity index (χ0n) is 13.3. The number of amides is 1. The number of nitrogens with two attached hydrogens (primary N) is 1. The molecule has 0 saturated heterocycles. The summed E-state index contributed by atoms with van der Waals surface area (Å²) in [6, 6.07) is 12.4. The second-order valence-corrected chi connectivity index (χ2v) is 6.62. The third kappa shape index (κ3) is 4.87. The van der Waals surface area contributed by atoms with Gasteiger partial charge in [0.15, 0.2) is 5.03 Å². The van der Waals surface area contributed by atoms with Gasteiger partial charge in [-0.3, -0.25) is 10.5 Å². The molecule has 0 aliphatic heterocycles. The zero-order valence-corrected chi connectivity index (χ0v) is 14.9. The van der Waals surface area contributed by atoms with Gasteiger partial charge >= 0.3 is 0 Å². The number of nitrogens with one attached hydrogen (secondary N) is 2. The van der Waals surface area contributed by atoms with Crippen molar-refractivity contribution in [2.75, 3.05) is 11.5 Å². The van der Waals surface area contributed by atoms with Crippen LogP contribution in [0.1, 0.15) is 29.7 Å². The number of nitrogen functional groups attached to an aromatic ring is 1. The van der Waals surface area contributed by atoms with Gasteiger partial charge < -0.3 is 5.32 Å². The van der Waals surface area contributed by atoms with Gasteiger partial charge in [-0.25, -0.2) is 4.98 Å². The van der Waals surface area contributed by atoms with E-state index in [-0.39, 0.29) is 34.6 Å². The lowest BCUT2D eigenvalue weighted by atomic mass is 10.1. The Balaban J connectivity index is 2.02. The Labute approximate surface area is 154 Å². The van der Waals surface area contributed by atoms with Crippen molar-refractivity contribution in [1.29, 1.82) is 10.5 Å². The Morgan fingerprint density at radius 3 is 2.72 bits per heavy atom. The third-order valence-corrected chi connectivity index (χ3v) is 4.64. The SMILES string of the molecule is C[C@H](NC(=O)CSc1[nH+]c(N)c(C#N)cc1C#N)c1cccc(Cl)c1. The van der Waals surface area contributed by atoms with E-state index in [1.54, 1.807) is 12.1 Å². The number of halogens is 1. The number of aromatic nitrogens is 1. The van der Waals surface area contributed by atoms with Crippen molar-refractivity contribution in [2.45, 2.75) is 18.0 Å². The standard InChI is InChI=1S/C17H14ClN5OS/c1-10(11-3-2-4-14(18)6-11)22-15(24)9-25-17-13(8-20)5-12(7-19)16(21)23-17/h2-6,10H,9H2,1H3,(H2,21,23)(H,22,24)/p+1/t10-/m0/s1. The smallest absolute Gasteiger partial charge is 0.289 e. The molecule has 1 amide bonds. The first kappa shape index (κ1) is 18.6. The molecule has 1 aromatic heterocycles. The summed E-state index contributed by atoms with van der Waals surface area (Å²) in [6.07, 6.45) is 0. The van der Waals surface area contributed by atoms with E-state index in [2.05, 4.69) is 10.3 Å². The molecule has 0 bridgehead atoms. The second kappa shape index (κ2) is 8.39. The van der Waals surface area contributed by atoms with Crippen molar-refractivity contribution >= 4 is 35.1 Å². The van der Waals surface area contributed by atoms with Crippen LogP contribution in [0.25, 0.3) is 0 Å². The highest BCUT2D eigenvalue weighted by Gasteiger charge is 2.17. The van der Waals surface area contributed by atoms with Gasteiger partial charge in [0.2, 0.25) is 5.91 Å². The molecule has 2 aromatic rings. The zero-order chi connectivity index (χ0) is 18.4. The summed E-state index contributed by atoms with van der Waals surface area (Å²) in [5, 5.41) is 22.0. The lowest BCUT2D eigenvalue weighted by Crippen LogP contribution is -2.28. The van der Waals surface area contributed by atoms with Crippen molar-refractivity contribution in [2.24, 2.45) is 0 Å². The molecule has 1 aromatic carbocycles. The lowest BCUT2D eigenvalue weighted by molar-refractivity contribution is -0.410. The molecule has 1 heterocycles. The molecule has 2 rings (SSSR count). The van der Waals surface area contributed by atoms with Gasteiger partial charge in [0, 0.05) is 5.02 Å². The fourth-order valence-electron chi connectivity index (χ4n) is 2.11. The Morgan fingerprint density at radius 1 is 1.36 bits per heavy atom. The van der Waals surface area contributed by atoms with Gasteiger partial charge in [0.1, 0.15) is 23.3 Å². The van der Waals surface area contributed by atoms with E-state index in [1.807, 2.05) is 31.2 Å². The first-order valence-electron chi connectivity index (χ1n) is 7.28. The minimum atomic E-state index is -0.197. The first-order chi connectivity index (χ1) is 11.9. The number of rotatable bonds is 5. The molecule has 0 aliphatic rings. The monoisotopic (exact) mass is 372 g/mol. The van der Waals surface area contributed by atoms with Crippen molar-refractivity contribution < 1.29 is 9.78 Å². The third-order valence-electron chi connectivity index (χ3n) is 3.39. The van der Waals surface area contributed by atoms with Crippen LogP contribution in [-0.4, -0.2) is 11.7 Å². The number of aromatic amines is 1. The summed E-state index contributed by atoms with van der Waals surface area (Å²) in [6.45, 7) is 1.86. The Hall–Kier alpha value is -2.74. The van der Waals surface area contributed by atoms with Gasteiger partial charge in [-0.1, -0.05) is 35.5 Å². The number of benzene rings is 1. The molecule has 0 saturated carbocycles. The predicted molar refractivity (Wildman–Crippen MR) is 95.6 cm³/mol. The molecule has 0 spiro atoms. The fraction of sp³-hybridized carbons (Fsp3) is 0.176. The molecule has 0 fully saturated rings. The number of H-pyrrole nitrogens is 1. The number of anilines is 1. The van der Waals surface area contributed by atoms with E-state index in [9.17, 15) is 4.79 Å². The van der Waals surface area contributed by atoms with Crippen LogP contribution in [0.15, 0.2) is 35.4 Å². The number of nitriles is 2. The second-order valence-electron chi connectivity index (χ2n) is 5.20. The number of pyridine rings is 1. The molecule has 1 atom stereocenters. The van der Waals surface area contributed by atoms with Crippen molar-refractivity contribution in [3.05, 3.63) is 52.0 Å². The van der Waals surface area contributed by atoms with E-state index in [4.69, 9.17) is 27.9 Å². The molecule has 8 heteroatoms. The molecule has 0 radical (unpaired) electrons. The van der Waals surface area contributed by atoms with Crippen LogP contribution in [0.2, 0.25) is 5.02 Å². The van der Waals surface area contributed by atoms with Crippen LogP contribution >= 0.6 is 23.4 Å². The summed E-state index contributed by atoms with van der Waals surface area (Å²) in [7, 11) is 0. The van der Waals surface area contributed by atoms with Crippen molar-refractivity contribution in [3.63, 3.8) is 0 Å². The molecule has 6 nitrogen and oxygen atoms in total. The molecular weight excluding hydrogens is 358 g/mol. The van der Waals surface area contributed by atoms with Crippen LogP contribution in [0.3, 0.4) is 0 Å². The van der Waals surface area contributed by atoms with E-state index in [0.29, 0.717) is 10.0 Å². The van der Waals surface area contributed by atoms with Crippen LogP contribution in [0.4, 0.5) is 5.82 Å². The molecule has 0 unspecified atom stereocenters. The number of nitrogens with zero attached hydrogens (tertiary/aromatic N) is 2. The quantitative estimate of drug-likeness (QED) is 0.781. The first-order valence-corrected chi connectivity index (χ1v) is 8.64. The van der Waals surface area contributed by atoms with Gasteiger partial charge in [0.25, 0.3) is 5.82 Å². The van der Waals surface area contributed by atoms with E-state index >= 15 is 0 Å². The number of thioether (sulfide) groups is 1. The minimum absolute atomic E-state index is 0.0986. The number of carbonyl (C=O) groups is 1. The molecule has 4 N–H and O–H groups in total.